The molecule has 1 aliphatic heterocycles. The molecule has 0 fully saturated rings. The molecule has 1 unspecified atom stereocenters. The first-order chi connectivity index (χ1) is 27.0. The Bertz CT molecular complexity index is 2270. The summed E-state index contributed by atoms with van der Waals surface area (Å²) in [6, 6.07) is 47.9. The predicted molar refractivity (Wildman–Crippen MR) is 215 cm³/mol. The molecule has 3 N–H and O–H groups in total. The molecule has 0 spiro atoms. The van der Waals surface area contributed by atoms with Crippen molar-refractivity contribution in [2.75, 3.05) is 23.8 Å². The van der Waals surface area contributed by atoms with Gasteiger partial charge in [-0.25, -0.2) is 0 Å². The molecule has 3 amide bonds. The van der Waals surface area contributed by atoms with Crippen LogP contribution in [-0.2, 0) is 16.2 Å². The van der Waals surface area contributed by atoms with Crippen molar-refractivity contribution >= 4 is 46.9 Å². The van der Waals surface area contributed by atoms with Gasteiger partial charge in [0.05, 0.1) is 0 Å². The molecule has 0 radical (unpaired) electrons. The number of nitrogens with one attached hydrogen (secondary N) is 3. The van der Waals surface area contributed by atoms with E-state index in [0.29, 0.717) is 59.6 Å². The molecular weight excluding hydrogens is 711 g/mol. The lowest BCUT2D eigenvalue weighted by atomic mass is 10.1. The van der Waals surface area contributed by atoms with Gasteiger partial charge in [0, 0.05) is 27.9 Å². The van der Waals surface area contributed by atoms with Crippen LogP contribution in [0.2, 0.25) is 0 Å². The largest absolute Gasteiger partial charge is 0.489 e. The lowest BCUT2D eigenvalue weighted by Crippen LogP contribution is -2.30. The lowest BCUT2D eigenvalue weighted by Gasteiger charge is -2.20. The number of rotatable bonds is 13. The third-order valence-electron chi connectivity index (χ3n) is 8.48. The highest BCUT2D eigenvalue weighted by Crippen LogP contribution is 2.38. The fourth-order valence-electron chi connectivity index (χ4n) is 5.69. The maximum absolute atomic E-state index is 13.7. The Morgan fingerprint density at radius 3 is 2.02 bits per heavy atom. The Labute approximate surface area is 323 Å². The second-order valence-electron chi connectivity index (χ2n) is 12.5. The normalized spacial score (nSPS) is 12.5. The van der Waals surface area contributed by atoms with Crippen LogP contribution in [0.5, 0.6) is 17.2 Å². The first kappa shape index (κ1) is 36.6. The molecule has 9 nitrogen and oxygen atoms in total. The minimum Gasteiger partial charge on any atom is -0.489 e. The second-order valence-corrected chi connectivity index (χ2v) is 13.6. The molecule has 0 aromatic heterocycles. The van der Waals surface area contributed by atoms with E-state index in [1.165, 1.54) is 11.8 Å². The van der Waals surface area contributed by atoms with Crippen LogP contribution in [0, 0.1) is 0 Å². The van der Waals surface area contributed by atoms with Crippen molar-refractivity contribution in [1.29, 1.82) is 0 Å². The van der Waals surface area contributed by atoms with Crippen molar-refractivity contribution in [3.8, 4) is 17.2 Å². The Morgan fingerprint density at radius 2 is 1.31 bits per heavy atom. The molecule has 0 saturated carbocycles. The van der Waals surface area contributed by atoms with Crippen molar-refractivity contribution in [3.63, 3.8) is 0 Å². The Morgan fingerprint density at radius 1 is 0.673 bits per heavy atom. The summed E-state index contributed by atoms with van der Waals surface area (Å²) in [4.78, 5) is 41.4. The van der Waals surface area contributed by atoms with E-state index in [9.17, 15) is 14.4 Å². The Balaban J connectivity index is 1.05. The van der Waals surface area contributed by atoms with Gasteiger partial charge < -0.3 is 30.2 Å². The predicted octanol–water partition coefficient (Wildman–Crippen LogP) is 8.92. The van der Waals surface area contributed by atoms with Crippen LogP contribution < -0.4 is 30.2 Å². The number of hydrogen-bond donors (Lipinski definition) is 3. The van der Waals surface area contributed by atoms with Crippen molar-refractivity contribution in [2.24, 2.45) is 0 Å². The third-order valence-corrected chi connectivity index (χ3v) is 9.75. The quantitative estimate of drug-likeness (QED) is 0.0799. The third kappa shape index (κ3) is 10.0. The van der Waals surface area contributed by atoms with E-state index in [2.05, 4.69) is 16.0 Å². The second kappa shape index (κ2) is 17.8. The summed E-state index contributed by atoms with van der Waals surface area (Å²) in [6.07, 6.45) is 1.62. The molecule has 6 aromatic carbocycles. The molecule has 0 aliphatic carbocycles. The van der Waals surface area contributed by atoms with Crippen molar-refractivity contribution in [1.82, 2.24) is 5.32 Å². The summed E-state index contributed by atoms with van der Waals surface area (Å²) < 4.78 is 17.2. The molecule has 274 valence electrons. The zero-order valence-electron chi connectivity index (χ0n) is 29.6. The number of amides is 3. The standard InChI is InChI=1S/C45H37N3O6S/c49-43(34-14-8-3-9-15-34)48-39(28-31-16-21-37(22-17-31)54-30-32-10-4-1-5-11-32)44(50)46-35-18-23-38(24-19-35)55-42(33-12-6-2-7-13-33)45(51)47-36-20-25-40-41(29-36)53-27-26-52-40/h1-25,28-29,42H,26-27,30H2,(H,46,50)(H,47,51)(H,48,49)/b39-28-. The van der Waals surface area contributed by atoms with Gasteiger partial charge in [-0.05, 0) is 83.4 Å². The van der Waals surface area contributed by atoms with Crippen LogP contribution in [0.4, 0.5) is 11.4 Å². The Kier molecular flexibility index (Phi) is 11.9. The van der Waals surface area contributed by atoms with Crippen molar-refractivity contribution in [3.05, 3.63) is 186 Å². The summed E-state index contributed by atoms with van der Waals surface area (Å²) in [5.74, 6) is 0.780. The molecule has 1 heterocycles. The lowest BCUT2D eigenvalue weighted by molar-refractivity contribution is -0.116. The molecular formula is C45H37N3O6S. The average Bonchev–Trinajstić information content (AvgIpc) is 3.23. The van der Waals surface area contributed by atoms with Crippen LogP contribution in [0.3, 0.4) is 0 Å². The number of carbonyl (C=O) groups excluding carboxylic acids is 3. The molecule has 1 atom stereocenters. The highest BCUT2D eigenvalue weighted by atomic mass is 32.2. The number of benzene rings is 6. The number of anilines is 2. The Hall–Kier alpha value is -6.78. The maximum Gasteiger partial charge on any atom is 0.272 e. The van der Waals surface area contributed by atoms with E-state index in [0.717, 1.165) is 16.0 Å². The van der Waals surface area contributed by atoms with E-state index >= 15 is 0 Å². The average molecular weight is 748 g/mol. The summed E-state index contributed by atoms with van der Waals surface area (Å²) in [5, 5.41) is 8.14. The van der Waals surface area contributed by atoms with Gasteiger partial charge in [0.2, 0.25) is 5.91 Å². The monoisotopic (exact) mass is 747 g/mol. The van der Waals surface area contributed by atoms with E-state index in [1.54, 1.807) is 60.7 Å². The summed E-state index contributed by atoms with van der Waals surface area (Å²) in [5.41, 5.74) is 4.16. The number of ether oxygens (including phenoxy) is 3. The number of hydrogen-bond acceptors (Lipinski definition) is 7. The highest BCUT2D eigenvalue weighted by Gasteiger charge is 2.23. The van der Waals surface area contributed by atoms with Gasteiger partial charge in [-0.1, -0.05) is 91.0 Å². The van der Waals surface area contributed by atoms with Crippen LogP contribution in [-0.4, -0.2) is 30.9 Å². The molecule has 1 aliphatic rings. The number of carbonyl (C=O) groups is 3. The number of fused-ring (bicyclic) bond motifs is 1. The van der Waals surface area contributed by atoms with Gasteiger partial charge >= 0.3 is 0 Å². The molecule has 0 saturated heterocycles. The molecule has 6 aromatic rings. The van der Waals surface area contributed by atoms with Gasteiger partial charge in [-0.2, -0.15) is 0 Å². The fraction of sp³-hybridized carbons (Fsp3) is 0.0889. The molecule has 7 rings (SSSR count). The van der Waals surface area contributed by atoms with Crippen LogP contribution in [0.15, 0.2) is 168 Å². The van der Waals surface area contributed by atoms with Crippen LogP contribution in [0.1, 0.15) is 32.3 Å². The summed E-state index contributed by atoms with van der Waals surface area (Å²) in [7, 11) is 0. The zero-order valence-corrected chi connectivity index (χ0v) is 30.5. The smallest absolute Gasteiger partial charge is 0.272 e. The SMILES string of the molecule is O=C(Nc1ccc(SC(C(=O)Nc2ccc3c(c2)OCCO3)c2ccccc2)cc1)/C(=C/c1ccc(OCc2ccccc2)cc1)NC(=O)c1ccccc1. The van der Waals surface area contributed by atoms with Gasteiger partial charge in [0.25, 0.3) is 11.8 Å². The first-order valence-corrected chi connectivity index (χ1v) is 18.5. The van der Waals surface area contributed by atoms with E-state index in [1.807, 2.05) is 103 Å². The summed E-state index contributed by atoms with van der Waals surface area (Å²) >= 11 is 1.38. The molecule has 55 heavy (non-hydrogen) atoms. The molecule has 10 heteroatoms. The van der Waals surface area contributed by atoms with Crippen molar-refractivity contribution < 1.29 is 28.6 Å². The maximum atomic E-state index is 13.7. The molecule has 0 bridgehead atoms. The van der Waals surface area contributed by atoms with Crippen LogP contribution >= 0.6 is 11.8 Å². The minimum atomic E-state index is -0.576. The van der Waals surface area contributed by atoms with Crippen LogP contribution in [0.25, 0.3) is 6.08 Å². The minimum absolute atomic E-state index is 0.0604. The van der Waals surface area contributed by atoms with E-state index in [-0.39, 0.29) is 11.6 Å². The summed E-state index contributed by atoms with van der Waals surface area (Å²) in [6.45, 7) is 1.36. The zero-order chi connectivity index (χ0) is 37.8. The first-order valence-electron chi connectivity index (χ1n) is 17.7. The van der Waals surface area contributed by atoms with Gasteiger partial charge in [-0.15, -0.1) is 11.8 Å². The van der Waals surface area contributed by atoms with Gasteiger partial charge in [-0.3, -0.25) is 14.4 Å². The fourth-order valence-corrected chi connectivity index (χ4v) is 6.72. The van der Waals surface area contributed by atoms with E-state index in [4.69, 9.17) is 14.2 Å². The number of thioether (sulfide) groups is 1. The van der Waals surface area contributed by atoms with Gasteiger partial charge in [0.15, 0.2) is 11.5 Å². The van der Waals surface area contributed by atoms with Crippen molar-refractivity contribution in [2.45, 2.75) is 16.8 Å². The van der Waals surface area contributed by atoms with E-state index < -0.39 is 17.1 Å². The highest BCUT2D eigenvalue weighted by molar-refractivity contribution is 8.00. The van der Waals surface area contributed by atoms with Gasteiger partial charge in [0.1, 0.15) is 36.5 Å². The topological polar surface area (TPSA) is 115 Å².